The Hall–Kier alpha value is -3.24. The van der Waals surface area contributed by atoms with Crippen LogP contribution in [-0.2, 0) is 5.41 Å². The standard InChI is InChI=1S/C26H18BrNO2/c1-26(18-7-3-2-4-8-18)23-14-11-17(20-9-5-6-10-25(20)28(29)30)15-22(23)21-13-12-19(27)16-24(21)26/h2-16H,1H3. The predicted molar refractivity (Wildman–Crippen MR) is 124 cm³/mol. The zero-order chi connectivity index (χ0) is 20.9. The van der Waals surface area contributed by atoms with Crippen molar-refractivity contribution in [3.63, 3.8) is 0 Å². The van der Waals surface area contributed by atoms with Crippen molar-refractivity contribution in [3.8, 4) is 22.3 Å². The van der Waals surface area contributed by atoms with Gasteiger partial charge in [0.1, 0.15) is 0 Å². The Morgan fingerprint density at radius 2 is 1.50 bits per heavy atom. The fourth-order valence-electron chi connectivity index (χ4n) is 4.64. The Bertz CT molecular complexity index is 1300. The van der Waals surface area contributed by atoms with Crippen LogP contribution in [0, 0.1) is 10.1 Å². The molecule has 4 aromatic carbocycles. The Morgan fingerprint density at radius 3 is 2.27 bits per heavy atom. The second-order valence-corrected chi connectivity index (χ2v) is 8.63. The molecule has 0 spiro atoms. The highest BCUT2D eigenvalue weighted by atomic mass is 79.9. The second-order valence-electron chi connectivity index (χ2n) is 7.72. The third-order valence-electron chi connectivity index (χ3n) is 6.13. The molecule has 0 heterocycles. The van der Waals surface area contributed by atoms with Crippen LogP contribution in [0.2, 0.25) is 0 Å². The zero-order valence-corrected chi connectivity index (χ0v) is 17.9. The maximum Gasteiger partial charge on any atom is 0.277 e. The lowest BCUT2D eigenvalue weighted by Gasteiger charge is -2.28. The minimum absolute atomic E-state index is 0.122. The minimum Gasteiger partial charge on any atom is -0.258 e. The van der Waals surface area contributed by atoms with Crippen molar-refractivity contribution in [1.29, 1.82) is 0 Å². The Balaban J connectivity index is 1.78. The van der Waals surface area contributed by atoms with Gasteiger partial charge in [-0.2, -0.15) is 0 Å². The fourth-order valence-corrected chi connectivity index (χ4v) is 5.00. The fraction of sp³-hybridized carbons (Fsp3) is 0.0769. The molecular weight excluding hydrogens is 438 g/mol. The number of rotatable bonds is 3. The summed E-state index contributed by atoms with van der Waals surface area (Å²) in [6, 6.07) is 30.0. The molecule has 1 atom stereocenters. The first-order valence-electron chi connectivity index (χ1n) is 9.74. The van der Waals surface area contributed by atoms with Gasteiger partial charge in [-0.1, -0.05) is 76.6 Å². The maximum absolute atomic E-state index is 11.6. The largest absolute Gasteiger partial charge is 0.277 e. The van der Waals surface area contributed by atoms with E-state index in [4.69, 9.17) is 0 Å². The van der Waals surface area contributed by atoms with Crippen LogP contribution >= 0.6 is 15.9 Å². The summed E-state index contributed by atoms with van der Waals surface area (Å²) in [7, 11) is 0. The lowest BCUT2D eigenvalue weighted by atomic mass is 9.74. The minimum atomic E-state index is -0.318. The van der Waals surface area contributed by atoms with Crippen LogP contribution in [0.5, 0.6) is 0 Å². The van der Waals surface area contributed by atoms with E-state index in [0.717, 1.165) is 15.6 Å². The van der Waals surface area contributed by atoms with Crippen LogP contribution in [0.4, 0.5) is 5.69 Å². The van der Waals surface area contributed by atoms with Gasteiger partial charge in [0.2, 0.25) is 0 Å². The molecule has 0 radical (unpaired) electrons. The Morgan fingerprint density at radius 1 is 0.767 bits per heavy atom. The number of para-hydroxylation sites is 1. The summed E-state index contributed by atoms with van der Waals surface area (Å²) < 4.78 is 1.04. The molecule has 4 aromatic rings. The first kappa shape index (κ1) is 18.8. The Kier molecular flexibility index (Phi) is 4.33. The molecule has 1 unspecified atom stereocenters. The van der Waals surface area contributed by atoms with Gasteiger partial charge < -0.3 is 0 Å². The summed E-state index contributed by atoms with van der Waals surface area (Å²) in [5, 5.41) is 11.6. The lowest BCUT2D eigenvalue weighted by Crippen LogP contribution is -2.22. The number of halogens is 1. The third-order valence-corrected chi connectivity index (χ3v) is 6.62. The third kappa shape index (κ3) is 2.71. The van der Waals surface area contributed by atoms with E-state index in [1.807, 2.05) is 24.3 Å². The van der Waals surface area contributed by atoms with Crippen molar-refractivity contribution in [2.45, 2.75) is 12.3 Å². The molecule has 5 rings (SSSR count). The number of nitrogens with zero attached hydrogens (tertiary/aromatic N) is 1. The number of hydrogen-bond donors (Lipinski definition) is 0. The SMILES string of the molecule is CC1(c2ccccc2)c2ccc(-c3ccccc3[N+](=O)[O-])cc2-c2ccc(Br)cc21. The quantitative estimate of drug-likeness (QED) is 0.239. The highest BCUT2D eigenvalue weighted by Crippen LogP contribution is 2.53. The van der Waals surface area contributed by atoms with Crippen LogP contribution in [0.3, 0.4) is 0 Å². The molecule has 0 fully saturated rings. The van der Waals surface area contributed by atoms with E-state index >= 15 is 0 Å². The first-order chi connectivity index (χ1) is 14.5. The van der Waals surface area contributed by atoms with Crippen LogP contribution in [0.15, 0.2) is 95.5 Å². The number of hydrogen-bond acceptors (Lipinski definition) is 2. The molecule has 0 aliphatic heterocycles. The van der Waals surface area contributed by atoms with Crippen LogP contribution in [0.25, 0.3) is 22.3 Å². The van der Waals surface area contributed by atoms with Gasteiger partial charge in [-0.3, -0.25) is 10.1 Å². The highest BCUT2D eigenvalue weighted by Gasteiger charge is 2.41. The molecule has 4 heteroatoms. The Labute approximate surface area is 183 Å². The molecule has 1 aliphatic carbocycles. The van der Waals surface area contributed by atoms with Gasteiger partial charge in [-0.25, -0.2) is 0 Å². The van der Waals surface area contributed by atoms with Crippen LogP contribution in [0.1, 0.15) is 23.6 Å². The molecule has 3 nitrogen and oxygen atoms in total. The number of nitro groups is 1. The monoisotopic (exact) mass is 455 g/mol. The maximum atomic E-state index is 11.6. The van der Waals surface area contributed by atoms with Gasteiger partial charge in [0, 0.05) is 16.0 Å². The van der Waals surface area contributed by atoms with Crippen molar-refractivity contribution in [2.24, 2.45) is 0 Å². The highest BCUT2D eigenvalue weighted by molar-refractivity contribution is 9.10. The summed E-state index contributed by atoms with van der Waals surface area (Å²) in [5.74, 6) is 0. The first-order valence-corrected chi connectivity index (χ1v) is 10.5. The molecule has 146 valence electrons. The summed E-state index contributed by atoms with van der Waals surface area (Å²) in [4.78, 5) is 11.2. The van der Waals surface area contributed by atoms with E-state index in [0.29, 0.717) is 5.56 Å². The van der Waals surface area contributed by atoms with Crippen LogP contribution in [-0.4, -0.2) is 4.92 Å². The summed E-state index contributed by atoms with van der Waals surface area (Å²) in [6.07, 6.45) is 0. The topological polar surface area (TPSA) is 43.1 Å². The molecule has 0 saturated carbocycles. The van der Waals surface area contributed by atoms with Gasteiger partial charge in [0.15, 0.2) is 0 Å². The predicted octanol–water partition coefficient (Wildman–Crippen LogP) is 7.36. The molecule has 0 aromatic heterocycles. The summed E-state index contributed by atoms with van der Waals surface area (Å²) in [5.41, 5.74) is 7.28. The number of nitro benzene ring substituents is 1. The second kappa shape index (κ2) is 6.92. The van der Waals surface area contributed by atoms with E-state index in [1.54, 1.807) is 12.1 Å². The van der Waals surface area contributed by atoms with Gasteiger partial charge >= 0.3 is 0 Å². The average Bonchev–Trinajstić information content (AvgIpc) is 3.03. The summed E-state index contributed by atoms with van der Waals surface area (Å²) in [6.45, 7) is 2.25. The van der Waals surface area contributed by atoms with Gasteiger partial charge in [-0.05, 0) is 64.6 Å². The normalized spacial score (nSPS) is 16.7. The molecule has 0 amide bonds. The van der Waals surface area contributed by atoms with Crippen molar-refractivity contribution < 1.29 is 4.92 Å². The van der Waals surface area contributed by atoms with Crippen molar-refractivity contribution in [2.75, 3.05) is 0 Å². The smallest absolute Gasteiger partial charge is 0.258 e. The van der Waals surface area contributed by atoms with Crippen LogP contribution < -0.4 is 0 Å². The molecule has 1 aliphatic rings. The van der Waals surface area contributed by atoms with Gasteiger partial charge in [-0.15, -0.1) is 0 Å². The average molecular weight is 456 g/mol. The van der Waals surface area contributed by atoms with Crippen molar-refractivity contribution >= 4 is 21.6 Å². The van der Waals surface area contributed by atoms with E-state index in [2.05, 4.69) is 77.5 Å². The molecular formula is C26H18BrNO2. The van der Waals surface area contributed by atoms with Crippen molar-refractivity contribution in [1.82, 2.24) is 0 Å². The lowest BCUT2D eigenvalue weighted by molar-refractivity contribution is -0.384. The van der Waals surface area contributed by atoms with E-state index in [9.17, 15) is 10.1 Å². The molecule has 0 saturated heterocycles. The summed E-state index contributed by atoms with van der Waals surface area (Å²) >= 11 is 3.64. The van der Waals surface area contributed by atoms with E-state index in [1.165, 1.54) is 22.3 Å². The molecule has 0 N–H and O–H groups in total. The molecule has 0 bridgehead atoms. The zero-order valence-electron chi connectivity index (χ0n) is 16.3. The number of fused-ring (bicyclic) bond motifs is 3. The van der Waals surface area contributed by atoms with E-state index < -0.39 is 0 Å². The van der Waals surface area contributed by atoms with Crippen molar-refractivity contribution in [3.05, 3.63) is 122 Å². The van der Waals surface area contributed by atoms with Gasteiger partial charge in [0.25, 0.3) is 5.69 Å². The number of benzene rings is 4. The van der Waals surface area contributed by atoms with E-state index in [-0.39, 0.29) is 16.0 Å². The molecule has 30 heavy (non-hydrogen) atoms. The van der Waals surface area contributed by atoms with Gasteiger partial charge in [0.05, 0.1) is 10.5 Å².